The number of nitrogens with two attached hydrogens (primary N) is 1. The van der Waals surface area contributed by atoms with Gasteiger partial charge in [0.05, 0.1) is 0 Å². The van der Waals surface area contributed by atoms with Crippen molar-refractivity contribution in [2.75, 3.05) is 13.1 Å². The van der Waals surface area contributed by atoms with Gasteiger partial charge in [0.15, 0.2) is 5.78 Å². The topological polar surface area (TPSA) is 72.2 Å². The van der Waals surface area contributed by atoms with Gasteiger partial charge in [0.2, 0.25) is 6.29 Å². The van der Waals surface area contributed by atoms with Crippen molar-refractivity contribution in [2.45, 2.75) is 109 Å². The molecule has 0 amide bonds. The van der Waals surface area contributed by atoms with E-state index in [4.69, 9.17) is 5.73 Å². The summed E-state index contributed by atoms with van der Waals surface area (Å²) in [6.45, 7) is 3.41. The summed E-state index contributed by atoms with van der Waals surface area (Å²) in [5.41, 5.74) is 5.40. The molecule has 0 saturated heterocycles. The molecule has 0 aliphatic heterocycles. The molecule has 0 rings (SSSR count). The fraction of sp³-hybridized carbons (Fsp3) is 0.826. The minimum atomic E-state index is -0.770. The molecule has 0 aromatic rings. The summed E-state index contributed by atoms with van der Waals surface area (Å²) < 4.78 is 0. The second kappa shape index (κ2) is 21.3. The van der Waals surface area contributed by atoms with E-state index in [1.54, 1.807) is 6.29 Å². The van der Waals surface area contributed by atoms with Crippen LogP contribution in [-0.4, -0.2) is 31.2 Å². The molecule has 0 aromatic heterocycles. The normalized spacial score (nSPS) is 12.5. The Morgan fingerprint density at radius 2 is 1.44 bits per heavy atom. The molecule has 0 aliphatic carbocycles. The van der Waals surface area contributed by atoms with Crippen molar-refractivity contribution in [3.63, 3.8) is 0 Å². The lowest BCUT2D eigenvalue weighted by atomic mass is 10.0. The van der Waals surface area contributed by atoms with Crippen LogP contribution in [0.3, 0.4) is 0 Å². The first-order valence-electron chi connectivity index (χ1n) is 11.2. The van der Waals surface area contributed by atoms with Gasteiger partial charge in [-0.05, 0) is 51.6 Å². The van der Waals surface area contributed by atoms with Gasteiger partial charge in [-0.15, -0.1) is 0 Å². The average Bonchev–Trinajstić information content (AvgIpc) is 2.68. The first kappa shape index (κ1) is 26.0. The summed E-state index contributed by atoms with van der Waals surface area (Å²) in [6.07, 6.45) is 23.8. The first-order valence-corrected chi connectivity index (χ1v) is 11.2. The van der Waals surface area contributed by atoms with Crippen LogP contribution in [0.5, 0.6) is 0 Å². The summed E-state index contributed by atoms with van der Waals surface area (Å²) in [5, 5.41) is 2.91. The smallest absolute Gasteiger partial charge is 0.224 e. The van der Waals surface area contributed by atoms with E-state index in [1.807, 2.05) is 0 Å². The lowest BCUT2D eigenvalue weighted by molar-refractivity contribution is -0.119. The summed E-state index contributed by atoms with van der Waals surface area (Å²) in [5.74, 6) is -0.0420. The zero-order valence-corrected chi connectivity index (χ0v) is 17.6. The van der Waals surface area contributed by atoms with Gasteiger partial charge in [-0.25, -0.2) is 0 Å². The van der Waals surface area contributed by atoms with Crippen LogP contribution in [0.1, 0.15) is 103 Å². The molecule has 1 unspecified atom stereocenters. The van der Waals surface area contributed by atoms with Crippen molar-refractivity contribution in [3.05, 3.63) is 12.2 Å². The van der Waals surface area contributed by atoms with E-state index in [9.17, 15) is 9.59 Å². The number of allylic oxidation sites excluding steroid dienone is 2. The number of carbonyl (C=O) groups excluding carboxylic acids is 2. The van der Waals surface area contributed by atoms with Crippen molar-refractivity contribution in [3.8, 4) is 0 Å². The van der Waals surface area contributed by atoms with Gasteiger partial charge in [-0.1, -0.05) is 70.4 Å². The highest BCUT2D eigenvalue weighted by atomic mass is 16.1. The zero-order chi connectivity index (χ0) is 20.0. The van der Waals surface area contributed by atoms with Crippen LogP contribution in [0, 0.1) is 0 Å². The molecule has 0 fully saturated rings. The van der Waals surface area contributed by atoms with Crippen LogP contribution < -0.4 is 11.1 Å². The third-order valence-electron chi connectivity index (χ3n) is 4.85. The van der Waals surface area contributed by atoms with E-state index in [0.29, 0.717) is 19.5 Å². The van der Waals surface area contributed by atoms with E-state index in [2.05, 4.69) is 24.4 Å². The quantitative estimate of drug-likeness (QED) is 0.167. The molecule has 0 spiro atoms. The third kappa shape index (κ3) is 18.1. The van der Waals surface area contributed by atoms with E-state index in [1.165, 1.54) is 64.2 Å². The largest absolute Gasteiger partial charge is 0.330 e. The molecule has 4 nitrogen and oxygen atoms in total. The number of unbranched alkanes of at least 4 members (excludes halogenated alkanes) is 11. The number of Topliss-reactive ketones (excluding diaryl/α,β-unsaturated/α-hetero) is 1. The van der Waals surface area contributed by atoms with Crippen LogP contribution in [0.15, 0.2) is 12.2 Å². The maximum Gasteiger partial charge on any atom is 0.224 e. The summed E-state index contributed by atoms with van der Waals surface area (Å²) in [6, 6.07) is -0.770. The monoisotopic (exact) mass is 379 g/mol. The number of carbonyl (C=O) groups is 1. The summed E-state index contributed by atoms with van der Waals surface area (Å²) >= 11 is 0. The van der Waals surface area contributed by atoms with E-state index in [-0.39, 0.29) is 5.78 Å². The Bertz CT molecular complexity index is 369. The van der Waals surface area contributed by atoms with Crippen LogP contribution >= 0.6 is 0 Å². The van der Waals surface area contributed by atoms with Gasteiger partial charge in [-0.2, -0.15) is 0 Å². The summed E-state index contributed by atoms with van der Waals surface area (Å²) in [4.78, 5) is 22.8. The van der Waals surface area contributed by atoms with Gasteiger partial charge in [-0.3, -0.25) is 9.59 Å². The molecular weight excluding hydrogens is 336 g/mol. The van der Waals surface area contributed by atoms with Crippen LogP contribution in [0.4, 0.5) is 0 Å². The molecule has 0 saturated carbocycles. The van der Waals surface area contributed by atoms with Crippen molar-refractivity contribution in [1.82, 2.24) is 5.32 Å². The van der Waals surface area contributed by atoms with Crippen molar-refractivity contribution in [2.24, 2.45) is 5.73 Å². The average molecular weight is 380 g/mol. The zero-order valence-electron chi connectivity index (χ0n) is 17.6. The van der Waals surface area contributed by atoms with Gasteiger partial charge in [0.1, 0.15) is 6.04 Å². The van der Waals surface area contributed by atoms with Crippen molar-refractivity contribution >= 4 is 12.1 Å². The van der Waals surface area contributed by atoms with E-state index < -0.39 is 6.04 Å². The number of ketones is 1. The maximum atomic E-state index is 11.9. The predicted molar refractivity (Wildman–Crippen MR) is 116 cm³/mol. The minimum absolute atomic E-state index is 0.0420. The molecule has 0 bridgehead atoms. The standard InChI is InChI=1S/C23H43N2O2/c1-2-3-4-5-6-7-8-9-10-11-12-13-14-15-16-18-23(27)22(21-26)25-20-17-19-24/h9-10,22,25H,2-8,11-20,24H2,1H3/b10-9-. The Hall–Kier alpha value is -1.00. The van der Waals surface area contributed by atoms with Crippen LogP contribution in [-0.2, 0) is 9.59 Å². The maximum absolute atomic E-state index is 11.9. The second-order valence-electron chi connectivity index (χ2n) is 7.45. The molecule has 0 heterocycles. The molecule has 4 heteroatoms. The SMILES string of the molecule is CCCCCCCC/C=C\CCCCCCCC(=O)C([C]=O)NCCCN. The highest BCUT2D eigenvalue weighted by molar-refractivity contribution is 5.97. The van der Waals surface area contributed by atoms with E-state index >= 15 is 0 Å². The Morgan fingerprint density at radius 1 is 0.889 bits per heavy atom. The fourth-order valence-corrected chi connectivity index (χ4v) is 3.08. The Morgan fingerprint density at radius 3 is 2.00 bits per heavy atom. The number of hydrogen-bond donors (Lipinski definition) is 2. The molecule has 0 aromatic carbocycles. The fourth-order valence-electron chi connectivity index (χ4n) is 3.08. The van der Waals surface area contributed by atoms with Crippen molar-refractivity contribution in [1.29, 1.82) is 0 Å². The third-order valence-corrected chi connectivity index (χ3v) is 4.85. The predicted octanol–water partition coefficient (Wildman–Crippen LogP) is 5.01. The van der Waals surface area contributed by atoms with Crippen LogP contribution in [0.2, 0.25) is 0 Å². The Labute approximate surface area is 167 Å². The lowest BCUT2D eigenvalue weighted by Crippen LogP contribution is -2.39. The first-order chi connectivity index (χ1) is 13.3. The Balaban J connectivity index is 3.41. The van der Waals surface area contributed by atoms with Gasteiger partial charge in [0, 0.05) is 6.42 Å². The highest BCUT2D eigenvalue weighted by Crippen LogP contribution is 2.10. The molecule has 1 atom stereocenters. The molecule has 1 radical (unpaired) electrons. The molecule has 157 valence electrons. The number of hydrogen-bond acceptors (Lipinski definition) is 4. The molecular formula is C23H43N2O2. The Kier molecular flexibility index (Phi) is 20.5. The van der Waals surface area contributed by atoms with Gasteiger partial charge in [0.25, 0.3) is 0 Å². The van der Waals surface area contributed by atoms with Gasteiger partial charge >= 0.3 is 0 Å². The number of rotatable bonds is 21. The molecule has 27 heavy (non-hydrogen) atoms. The van der Waals surface area contributed by atoms with Crippen molar-refractivity contribution < 1.29 is 9.59 Å². The van der Waals surface area contributed by atoms with Crippen LogP contribution in [0.25, 0.3) is 0 Å². The van der Waals surface area contributed by atoms with E-state index in [0.717, 1.165) is 25.7 Å². The summed E-state index contributed by atoms with van der Waals surface area (Å²) in [7, 11) is 0. The minimum Gasteiger partial charge on any atom is -0.330 e. The van der Waals surface area contributed by atoms with Gasteiger partial charge < -0.3 is 11.1 Å². The lowest BCUT2D eigenvalue weighted by Gasteiger charge is -2.10. The highest BCUT2D eigenvalue weighted by Gasteiger charge is 2.16. The molecule has 3 N–H and O–H groups in total. The second-order valence-corrected chi connectivity index (χ2v) is 7.45. The molecule has 0 aliphatic rings. The number of nitrogens with one attached hydrogen (secondary N) is 1.